The fourth-order valence-electron chi connectivity index (χ4n) is 5.19. The summed E-state index contributed by atoms with van der Waals surface area (Å²) >= 11 is 0. The van der Waals surface area contributed by atoms with Crippen molar-refractivity contribution in [1.82, 2.24) is 16.0 Å². The fourth-order valence-corrected chi connectivity index (χ4v) is 5.19. The minimum Gasteiger partial charge on any atom is -0.481 e. The standard InChI is InChI=1S/C36H68N4O8/c37-32(30-41)20-17-18-24-39-35(44)31-48-29-28-47-27-26-40-34(43)22-19-25-38-33(42)21-15-13-11-9-7-5-3-1-2-4-6-8-10-12-14-16-23-36(45)46/h30,32H,1-29,31,37H2,(H,38,42)(H,39,44)(H,40,43)(H,45,46)/t32-/m0/s1. The molecule has 0 unspecified atom stereocenters. The summed E-state index contributed by atoms with van der Waals surface area (Å²) in [6.07, 6.45) is 23.7. The van der Waals surface area contributed by atoms with Crippen molar-refractivity contribution >= 4 is 30.0 Å². The average molecular weight is 685 g/mol. The molecule has 0 aromatic carbocycles. The number of hydrogen-bond donors (Lipinski definition) is 5. The third kappa shape index (κ3) is 36.3. The van der Waals surface area contributed by atoms with Crippen molar-refractivity contribution < 1.29 is 38.6 Å². The lowest BCUT2D eigenvalue weighted by Gasteiger charge is -2.09. The minimum absolute atomic E-state index is 0.0460. The normalized spacial score (nSPS) is 11.6. The molecule has 0 radical (unpaired) electrons. The van der Waals surface area contributed by atoms with Crippen LogP contribution < -0.4 is 21.7 Å². The summed E-state index contributed by atoms with van der Waals surface area (Å²) in [4.78, 5) is 56.6. The maximum atomic E-state index is 12.0. The summed E-state index contributed by atoms with van der Waals surface area (Å²) in [7, 11) is 0. The first-order valence-corrected chi connectivity index (χ1v) is 18.7. The van der Waals surface area contributed by atoms with Gasteiger partial charge < -0.3 is 41.1 Å². The van der Waals surface area contributed by atoms with Gasteiger partial charge in [0, 0.05) is 38.9 Å². The second-order valence-electron chi connectivity index (χ2n) is 12.7. The van der Waals surface area contributed by atoms with E-state index in [-0.39, 0.29) is 30.9 Å². The second-order valence-corrected chi connectivity index (χ2v) is 12.7. The van der Waals surface area contributed by atoms with Gasteiger partial charge in [-0.3, -0.25) is 19.2 Å². The van der Waals surface area contributed by atoms with E-state index >= 15 is 0 Å². The molecule has 12 nitrogen and oxygen atoms in total. The number of nitrogens with two attached hydrogens (primary N) is 1. The molecule has 280 valence electrons. The molecule has 0 aliphatic heterocycles. The lowest BCUT2D eigenvalue weighted by molar-refractivity contribution is -0.137. The zero-order valence-corrected chi connectivity index (χ0v) is 29.8. The Kier molecular flexibility index (Phi) is 33.8. The van der Waals surface area contributed by atoms with Gasteiger partial charge >= 0.3 is 5.97 Å². The van der Waals surface area contributed by atoms with Gasteiger partial charge in [-0.25, -0.2) is 0 Å². The van der Waals surface area contributed by atoms with Crippen molar-refractivity contribution in [3.8, 4) is 0 Å². The number of rotatable bonds is 37. The second kappa shape index (κ2) is 35.7. The van der Waals surface area contributed by atoms with Gasteiger partial charge in [-0.15, -0.1) is 0 Å². The van der Waals surface area contributed by atoms with Gasteiger partial charge in [-0.2, -0.15) is 0 Å². The maximum Gasteiger partial charge on any atom is 0.303 e. The van der Waals surface area contributed by atoms with E-state index in [1.165, 1.54) is 70.6 Å². The Labute approximate surface area is 289 Å². The number of aldehydes is 1. The van der Waals surface area contributed by atoms with E-state index in [1.54, 1.807) is 0 Å². The van der Waals surface area contributed by atoms with Gasteiger partial charge in [-0.05, 0) is 38.5 Å². The van der Waals surface area contributed by atoms with E-state index in [0.29, 0.717) is 65.0 Å². The van der Waals surface area contributed by atoms with Crippen LogP contribution in [-0.2, 0) is 33.4 Å². The minimum atomic E-state index is -0.685. The predicted molar refractivity (Wildman–Crippen MR) is 189 cm³/mol. The van der Waals surface area contributed by atoms with Crippen molar-refractivity contribution in [2.75, 3.05) is 46.1 Å². The Morgan fingerprint density at radius 3 is 1.50 bits per heavy atom. The molecule has 0 aromatic heterocycles. The molecule has 6 N–H and O–H groups in total. The van der Waals surface area contributed by atoms with E-state index < -0.39 is 12.0 Å². The topological polar surface area (TPSA) is 186 Å². The molecule has 0 saturated carbocycles. The Morgan fingerprint density at radius 2 is 0.958 bits per heavy atom. The molecular weight excluding hydrogens is 616 g/mol. The average Bonchev–Trinajstić information content (AvgIpc) is 3.06. The summed E-state index contributed by atoms with van der Waals surface area (Å²) in [5.74, 6) is -0.912. The molecule has 0 rings (SSSR count). The number of carbonyl (C=O) groups is 5. The monoisotopic (exact) mass is 685 g/mol. The lowest BCUT2D eigenvalue weighted by Crippen LogP contribution is -2.30. The van der Waals surface area contributed by atoms with Gasteiger partial charge in [0.05, 0.1) is 25.9 Å². The largest absolute Gasteiger partial charge is 0.481 e. The van der Waals surface area contributed by atoms with Gasteiger partial charge in [0.25, 0.3) is 0 Å². The van der Waals surface area contributed by atoms with Crippen molar-refractivity contribution in [3.05, 3.63) is 0 Å². The summed E-state index contributed by atoms with van der Waals surface area (Å²) in [5, 5.41) is 17.1. The first-order chi connectivity index (χ1) is 23.3. The van der Waals surface area contributed by atoms with Crippen LogP contribution in [-0.4, -0.2) is 87.2 Å². The molecule has 0 saturated heterocycles. The molecule has 0 aromatic rings. The van der Waals surface area contributed by atoms with E-state index in [1.807, 2.05) is 0 Å². The number of hydrogen-bond acceptors (Lipinski definition) is 8. The first kappa shape index (κ1) is 45.4. The van der Waals surface area contributed by atoms with Crippen LogP contribution in [0.4, 0.5) is 0 Å². The maximum absolute atomic E-state index is 12.0. The summed E-state index contributed by atoms with van der Waals surface area (Å²) in [6.45, 7) is 2.31. The van der Waals surface area contributed by atoms with Crippen LogP contribution in [0.3, 0.4) is 0 Å². The summed E-state index contributed by atoms with van der Waals surface area (Å²) in [5.41, 5.74) is 5.51. The van der Waals surface area contributed by atoms with Crippen LogP contribution in [0.15, 0.2) is 0 Å². The third-order valence-electron chi connectivity index (χ3n) is 8.08. The van der Waals surface area contributed by atoms with Crippen LogP contribution in [0.5, 0.6) is 0 Å². The Hall–Kier alpha value is -2.57. The van der Waals surface area contributed by atoms with Crippen molar-refractivity contribution in [1.29, 1.82) is 0 Å². The number of amides is 3. The molecule has 48 heavy (non-hydrogen) atoms. The quantitative estimate of drug-likeness (QED) is 0.0446. The van der Waals surface area contributed by atoms with Crippen molar-refractivity contribution in [2.24, 2.45) is 5.73 Å². The number of carboxylic acid groups (broad SMARTS) is 1. The van der Waals surface area contributed by atoms with Crippen molar-refractivity contribution in [3.63, 3.8) is 0 Å². The smallest absolute Gasteiger partial charge is 0.303 e. The van der Waals surface area contributed by atoms with Crippen LogP contribution >= 0.6 is 0 Å². The number of nitrogens with one attached hydrogen (secondary N) is 3. The van der Waals surface area contributed by atoms with E-state index in [9.17, 15) is 24.0 Å². The summed E-state index contributed by atoms with van der Waals surface area (Å²) < 4.78 is 10.7. The zero-order chi connectivity index (χ0) is 35.3. The Bertz CT molecular complexity index is 815. The molecule has 12 heteroatoms. The fraction of sp³-hybridized carbons (Fsp3) is 0.861. The van der Waals surface area contributed by atoms with E-state index in [0.717, 1.165) is 51.2 Å². The van der Waals surface area contributed by atoms with Crippen LogP contribution in [0, 0.1) is 0 Å². The highest BCUT2D eigenvalue weighted by Crippen LogP contribution is 2.14. The molecule has 0 heterocycles. The van der Waals surface area contributed by atoms with E-state index in [2.05, 4.69) is 16.0 Å². The SMILES string of the molecule is N[C@H](C=O)CCCCNC(=O)COCCOCCNC(=O)CCCNC(=O)CCCCCCCCCCCCCCCCCCC(=O)O. The van der Waals surface area contributed by atoms with Gasteiger partial charge in [0.2, 0.25) is 17.7 Å². The summed E-state index contributed by atoms with van der Waals surface area (Å²) in [6, 6.07) is -0.437. The molecular formula is C36H68N4O8. The highest BCUT2D eigenvalue weighted by molar-refractivity contribution is 5.77. The number of carboxylic acids is 1. The molecule has 0 aliphatic carbocycles. The van der Waals surface area contributed by atoms with Gasteiger partial charge in [-0.1, -0.05) is 89.9 Å². The molecule has 3 amide bonds. The molecule has 0 fully saturated rings. The number of aliphatic carboxylic acids is 1. The Morgan fingerprint density at radius 1 is 0.521 bits per heavy atom. The number of carbonyl (C=O) groups excluding carboxylic acids is 4. The molecule has 0 aliphatic rings. The number of unbranched alkanes of at least 4 members (excludes halogenated alkanes) is 16. The predicted octanol–water partition coefficient (Wildman–Crippen LogP) is 4.95. The lowest BCUT2D eigenvalue weighted by atomic mass is 10.0. The van der Waals surface area contributed by atoms with Gasteiger partial charge in [0.15, 0.2) is 0 Å². The van der Waals surface area contributed by atoms with Gasteiger partial charge in [0.1, 0.15) is 12.9 Å². The van der Waals surface area contributed by atoms with Crippen LogP contribution in [0.25, 0.3) is 0 Å². The molecule has 0 spiro atoms. The molecule has 1 atom stereocenters. The first-order valence-electron chi connectivity index (χ1n) is 18.7. The highest BCUT2D eigenvalue weighted by Gasteiger charge is 2.05. The number of ether oxygens (including phenoxy) is 2. The third-order valence-corrected chi connectivity index (χ3v) is 8.08. The van der Waals surface area contributed by atoms with Crippen LogP contribution in [0.2, 0.25) is 0 Å². The van der Waals surface area contributed by atoms with E-state index in [4.69, 9.17) is 20.3 Å². The Balaban J connectivity index is 3.34. The van der Waals surface area contributed by atoms with Crippen molar-refractivity contribution in [2.45, 2.75) is 154 Å². The van der Waals surface area contributed by atoms with Crippen LogP contribution in [0.1, 0.15) is 148 Å². The zero-order valence-electron chi connectivity index (χ0n) is 29.8. The highest BCUT2D eigenvalue weighted by atomic mass is 16.5. The molecule has 0 bridgehead atoms.